The smallest absolute Gasteiger partial charge is 0.407 e. The Kier molecular flexibility index (Phi) is 6.21. The van der Waals surface area contributed by atoms with Crippen LogP contribution >= 0.6 is 0 Å². The van der Waals surface area contributed by atoms with E-state index in [1.165, 1.54) is 11.1 Å². The highest BCUT2D eigenvalue weighted by Crippen LogP contribution is 2.44. The molecule has 31 heavy (non-hydrogen) atoms. The molecule has 0 saturated heterocycles. The van der Waals surface area contributed by atoms with Gasteiger partial charge in [-0.2, -0.15) is 0 Å². The quantitative estimate of drug-likeness (QED) is 0.635. The van der Waals surface area contributed by atoms with Gasteiger partial charge in [-0.1, -0.05) is 48.5 Å². The zero-order chi connectivity index (χ0) is 21.8. The molecule has 2 atom stereocenters. The topological polar surface area (TPSA) is 105 Å². The second-order valence-electron chi connectivity index (χ2n) is 8.11. The lowest BCUT2D eigenvalue weighted by Gasteiger charge is -2.17. The van der Waals surface area contributed by atoms with Crippen LogP contribution in [0.5, 0.6) is 0 Å². The first-order valence-electron chi connectivity index (χ1n) is 10.6. The molecule has 3 N–H and O–H groups in total. The van der Waals surface area contributed by atoms with Gasteiger partial charge < -0.3 is 20.5 Å². The van der Waals surface area contributed by atoms with Crippen LogP contribution < -0.4 is 10.6 Å². The van der Waals surface area contributed by atoms with Crippen molar-refractivity contribution in [3.8, 4) is 11.1 Å². The maximum atomic E-state index is 12.4. The lowest BCUT2D eigenvalue weighted by Crippen LogP contribution is -2.36. The second-order valence-corrected chi connectivity index (χ2v) is 8.11. The zero-order valence-corrected chi connectivity index (χ0v) is 17.2. The molecule has 2 unspecified atom stereocenters. The molecule has 2 aliphatic carbocycles. The van der Waals surface area contributed by atoms with Gasteiger partial charge in [0.15, 0.2) is 0 Å². The van der Waals surface area contributed by atoms with Crippen molar-refractivity contribution >= 4 is 18.0 Å². The van der Waals surface area contributed by atoms with E-state index in [1.54, 1.807) is 0 Å². The molecule has 0 bridgehead atoms. The van der Waals surface area contributed by atoms with Crippen molar-refractivity contribution in [3.05, 3.63) is 59.7 Å². The van der Waals surface area contributed by atoms with Gasteiger partial charge in [-0.05, 0) is 41.5 Å². The minimum Gasteiger partial charge on any atom is -0.481 e. The zero-order valence-electron chi connectivity index (χ0n) is 17.2. The molecule has 1 fully saturated rings. The molecule has 4 rings (SSSR count). The van der Waals surface area contributed by atoms with E-state index >= 15 is 0 Å². The van der Waals surface area contributed by atoms with Gasteiger partial charge >= 0.3 is 12.1 Å². The van der Waals surface area contributed by atoms with Gasteiger partial charge in [-0.3, -0.25) is 9.59 Å². The number of benzene rings is 2. The summed E-state index contributed by atoms with van der Waals surface area (Å²) >= 11 is 0. The summed E-state index contributed by atoms with van der Waals surface area (Å²) in [6.45, 7) is 0.376. The molecule has 0 aliphatic heterocycles. The minimum atomic E-state index is -0.943. The van der Waals surface area contributed by atoms with Crippen molar-refractivity contribution in [2.45, 2.75) is 37.6 Å². The van der Waals surface area contributed by atoms with E-state index in [2.05, 4.69) is 34.9 Å². The fourth-order valence-corrected chi connectivity index (χ4v) is 4.59. The number of amides is 2. The first kappa shape index (κ1) is 20.9. The van der Waals surface area contributed by atoms with Crippen LogP contribution in [0.25, 0.3) is 11.1 Å². The first-order chi connectivity index (χ1) is 15.0. The Morgan fingerprint density at radius 1 is 0.968 bits per heavy atom. The number of aliphatic carboxylic acids is 1. The van der Waals surface area contributed by atoms with Gasteiger partial charge in [0.05, 0.1) is 6.42 Å². The predicted molar refractivity (Wildman–Crippen MR) is 115 cm³/mol. The Morgan fingerprint density at radius 2 is 1.61 bits per heavy atom. The van der Waals surface area contributed by atoms with Gasteiger partial charge in [-0.25, -0.2) is 4.79 Å². The van der Waals surface area contributed by atoms with Crippen molar-refractivity contribution in [1.29, 1.82) is 0 Å². The van der Waals surface area contributed by atoms with Gasteiger partial charge in [0.2, 0.25) is 5.91 Å². The van der Waals surface area contributed by atoms with Crippen LogP contribution in [0.3, 0.4) is 0 Å². The molecule has 7 nitrogen and oxygen atoms in total. The van der Waals surface area contributed by atoms with E-state index in [4.69, 9.17) is 9.84 Å². The second kappa shape index (κ2) is 9.20. The Hall–Kier alpha value is -3.35. The number of carboxylic acid groups (broad SMARTS) is 1. The number of fused-ring (bicyclic) bond motifs is 3. The predicted octanol–water partition coefficient (Wildman–Crippen LogP) is 3.28. The number of rotatable bonds is 7. The summed E-state index contributed by atoms with van der Waals surface area (Å²) < 4.78 is 5.57. The number of ether oxygens (including phenoxy) is 1. The molecule has 162 valence electrons. The van der Waals surface area contributed by atoms with E-state index in [1.807, 2.05) is 24.3 Å². The number of carbonyl (C=O) groups excluding carboxylic acids is 2. The molecule has 2 amide bonds. The van der Waals surface area contributed by atoms with Crippen molar-refractivity contribution < 1.29 is 24.2 Å². The molecule has 0 spiro atoms. The largest absolute Gasteiger partial charge is 0.481 e. The Labute approximate surface area is 180 Å². The van der Waals surface area contributed by atoms with Crippen molar-refractivity contribution in [2.75, 3.05) is 13.2 Å². The number of hydrogen-bond donors (Lipinski definition) is 3. The molecule has 0 aromatic heterocycles. The minimum absolute atomic E-state index is 0.00879. The Bertz CT molecular complexity index is 944. The van der Waals surface area contributed by atoms with Crippen LogP contribution in [-0.4, -0.2) is 42.3 Å². The third kappa shape index (κ3) is 4.71. The van der Waals surface area contributed by atoms with E-state index in [9.17, 15) is 14.4 Å². The van der Waals surface area contributed by atoms with Crippen LogP contribution in [0, 0.1) is 5.92 Å². The van der Waals surface area contributed by atoms with Crippen LogP contribution in [0.4, 0.5) is 4.79 Å². The average molecular weight is 422 g/mol. The summed E-state index contributed by atoms with van der Waals surface area (Å²) in [5.41, 5.74) is 4.69. The summed E-state index contributed by atoms with van der Waals surface area (Å²) in [6.07, 6.45) is 1.32. The molecule has 1 saturated carbocycles. The summed E-state index contributed by atoms with van der Waals surface area (Å²) in [5.74, 6) is -1.30. The highest BCUT2D eigenvalue weighted by Gasteiger charge is 2.32. The number of carboxylic acids is 1. The van der Waals surface area contributed by atoms with E-state index in [-0.39, 0.29) is 43.4 Å². The van der Waals surface area contributed by atoms with Crippen molar-refractivity contribution in [3.63, 3.8) is 0 Å². The normalized spacial score (nSPS) is 19.4. The van der Waals surface area contributed by atoms with E-state index in [0.717, 1.165) is 11.1 Å². The lowest BCUT2D eigenvalue weighted by molar-refractivity contribution is -0.137. The molecule has 7 heteroatoms. The fourth-order valence-electron chi connectivity index (χ4n) is 4.59. The molecule has 2 aromatic rings. The number of alkyl carbamates (subject to hydrolysis) is 1. The monoisotopic (exact) mass is 422 g/mol. The van der Waals surface area contributed by atoms with E-state index in [0.29, 0.717) is 19.3 Å². The van der Waals surface area contributed by atoms with Gasteiger partial charge in [0.1, 0.15) is 6.61 Å². The van der Waals surface area contributed by atoms with Gasteiger partial charge in [-0.15, -0.1) is 0 Å². The summed E-state index contributed by atoms with van der Waals surface area (Å²) in [5, 5.41) is 14.2. The number of nitrogens with one attached hydrogen (secondary N) is 2. The molecular formula is C24H26N2O5. The summed E-state index contributed by atoms with van der Waals surface area (Å²) in [6, 6.07) is 16.2. The van der Waals surface area contributed by atoms with Crippen LogP contribution in [0.2, 0.25) is 0 Å². The standard InChI is InChI=1S/C24H26N2O5/c27-22(28)11-12-25-23(29)15-9-10-16(13-15)26-24(30)31-14-21-19-7-3-1-5-17(19)18-6-2-4-8-20(18)21/h1-8,15-16,21H,9-14H2,(H,25,29)(H,26,30)(H,27,28). The SMILES string of the molecule is O=C(O)CCNC(=O)C1CCC(NC(=O)OCC2c3ccccc3-c3ccccc32)C1. The molecule has 2 aromatic carbocycles. The Morgan fingerprint density at radius 3 is 2.26 bits per heavy atom. The fraction of sp³-hybridized carbons (Fsp3) is 0.375. The highest BCUT2D eigenvalue weighted by molar-refractivity contribution is 5.80. The first-order valence-corrected chi connectivity index (χ1v) is 10.6. The molecule has 2 aliphatic rings. The van der Waals surface area contributed by atoms with E-state index < -0.39 is 12.1 Å². The summed E-state index contributed by atoms with van der Waals surface area (Å²) in [7, 11) is 0. The molecule has 0 radical (unpaired) electrons. The van der Waals surface area contributed by atoms with Crippen molar-refractivity contribution in [2.24, 2.45) is 5.92 Å². The molecule has 0 heterocycles. The average Bonchev–Trinajstić information content (AvgIpc) is 3.35. The summed E-state index contributed by atoms with van der Waals surface area (Å²) in [4.78, 5) is 35.1. The van der Waals surface area contributed by atoms with Crippen LogP contribution in [0.15, 0.2) is 48.5 Å². The maximum Gasteiger partial charge on any atom is 0.407 e. The maximum absolute atomic E-state index is 12.4. The third-order valence-corrected chi connectivity index (χ3v) is 6.11. The third-order valence-electron chi connectivity index (χ3n) is 6.11. The van der Waals surface area contributed by atoms with Crippen molar-refractivity contribution in [1.82, 2.24) is 10.6 Å². The molecular weight excluding hydrogens is 396 g/mol. The lowest BCUT2D eigenvalue weighted by atomic mass is 9.98. The van der Waals surface area contributed by atoms with Crippen LogP contribution in [-0.2, 0) is 14.3 Å². The highest BCUT2D eigenvalue weighted by atomic mass is 16.5. The number of hydrogen-bond acceptors (Lipinski definition) is 4. The van der Waals surface area contributed by atoms with Gasteiger partial charge in [0, 0.05) is 24.4 Å². The van der Waals surface area contributed by atoms with Gasteiger partial charge in [0.25, 0.3) is 0 Å². The Balaban J connectivity index is 1.28. The van der Waals surface area contributed by atoms with Crippen LogP contribution in [0.1, 0.15) is 42.7 Å². The number of carbonyl (C=O) groups is 3.